The van der Waals surface area contributed by atoms with Crippen molar-refractivity contribution < 1.29 is 20.1 Å². The van der Waals surface area contributed by atoms with E-state index in [0.29, 0.717) is 0 Å². The second-order valence-corrected chi connectivity index (χ2v) is 4.74. The quantitative estimate of drug-likeness (QED) is 0.612. The highest BCUT2D eigenvalue weighted by Gasteiger charge is 2.36. The zero-order valence-electron chi connectivity index (χ0n) is 9.56. The van der Waals surface area contributed by atoms with Gasteiger partial charge in [-0.1, -0.05) is 20.8 Å². The first-order chi connectivity index (χ1) is 6.21. The van der Waals surface area contributed by atoms with Crippen molar-refractivity contribution in [2.45, 2.75) is 52.1 Å². The van der Waals surface area contributed by atoms with E-state index in [-0.39, 0.29) is 5.41 Å². The van der Waals surface area contributed by atoms with Gasteiger partial charge in [-0.15, -0.1) is 0 Å². The number of aliphatic hydroxyl groups excluding tert-OH is 3. The Bertz CT molecular complexity index is 162. The van der Waals surface area contributed by atoms with Gasteiger partial charge in [0.1, 0.15) is 12.2 Å². The van der Waals surface area contributed by atoms with Crippen LogP contribution >= 0.6 is 0 Å². The van der Waals surface area contributed by atoms with Crippen molar-refractivity contribution in [1.82, 2.24) is 0 Å². The molecule has 3 N–H and O–H groups in total. The lowest BCUT2D eigenvalue weighted by Crippen LogP contribution is -2.49. The zero-order valence-corrected chi connectivity index (χ0v) is 9.56. The minimum atomic E-state index is -1.18. The summed E-state index contributed by atoms with van der Waals surface area (Å²) >= 11 is 0. The molecule has 0 rings (SSSR count). The van der Waals surface area contributed by atoms with E-state index in [1.165, 1.54) is 14.0 Å². The average Bonchev–Trinajstić information content (AvgIpc) is 2.01. The number of methoxy groups -OCH3 is 1. The summed E-state index contributed by atoms with van der Waals surface area (Å²) in [7, 11) is 1.48. The highest BCUT2D eigenvalue weighted by molar-refractivity contribution is 4.87. The fraction of sp³-hybridized carbons (Fsp3) is 1.00. The number of hydrogen-bond donors (Lipinski definition) is 3. The summed E-state index contributed by atoms with van der Waals surface area (Å²) in [5.41, 5.74) is -0.288. The largest absolute Gasteiger partial charge is 0.391 e. The first-order valence-corrected chi connectivity index (χ1v) is 4.78. The standard InChI is InChI=1S/C10H22O4/c1-6(11)7(12)8(13)9(14-5)10(2,3)4/h6-9,11-13H,1-5H3. The topological polar surface area (TPSA) is 69.9 Å². The van der Waals surface area contributed by atoms with Gasteiger partial charge in [0.05, 0.1) is 12.2 Å². The molecule has 0 spiro atoms. The van der Waals surface area contributed by atoms with Gasteiger partial charge in [-0.2, -0.15) is 0 Å². The summed E-state index contributed by atoms with van der Waals surface area (Å²) in [6, 6.07) is 0. The maximum Gasteiger partial charge on any atom is 0.109 e. The van der Waals surface area contributed by atoms with Crippen LogP contribution in [0.25, 0.3) is 0 Å². The van der Waals surface area contributed by atoms with Gasteiger partial charge in [0, 0.05) is 7.11 Å². The molecule has 0 aliphatic rings. The van der Waals surface area contributed by atoms with Crippen LogP contribution in [0.1, 0.15) is 27.7 Å². The summed E-state index contributed by atoms with van der Waals surface area (Å²) < 4.78 is 5.13. The molecule has 0 aromatic rings. The number of hydrogen-bond acceptors (Lipinski definition) is 4. The maximum atomic E-state index is 9.75. The predicted molar refractivity (Wildman–Crippen MR) is 53.9 cm³/mol. The van der Waals surface area contributed by atoms with Gasteiger partial charge < -0.3 is 20.1 Å². The molecule has 0 saturated heterocycles. The molecule has 4 atom stereocenters. The van der Waals surface area contributed by atoms with Crippen LogP contribution in [0.4, 0.5) is 0 Å². The van der Waals surface area contributed by atoms with Crippen LogP contribution in [0.2, 0.25) is 0 Å². The van der Waals surface area contributed by atoms with Gasteiger partial charge in [0.15, 0.2) is 0 Å². The predicted octanol–water partition coefficient (Wildman–Crippen LogP) is 0.150. The number of aliphatic hydroxyl groups is 3. The summed E-state index contributed by atoms with van der Waals surface area (Å²) in [5.74, 6) is 0. The SMILES string of the molecule is COC(C(O)C(O)C(C)O)C(C)(C)C. The molecule has 0 fully saturated rings. The highest BCUT2D eigenvalue weighted by atomic mass is 16.5. The van der Waals surface area contributed by atoms with Crippen molar-refractivity contribution in [3.8, 4) is 0 Å². The highest BCUT2D eigenvalue weighted by Crippen LogP contribution is 2.26. The summed E-state index contributed by atoms with van der Waals surface area (Å²) in [5, 5.41) is 28.4. The lowest BCUT2D eigenvalue weighted by Gasteiger charge is -2.35. The third-order valence-corrected chi connectivity index (χ3v) is 2.26. The Morgan fingerprint density at radius 2 is 1.43 bits per heavy atom. The Kier molecular flexibility index (Phi) is 5.01. The van der Waals surface area contributed by atoms with E-state index in [4.69, 9.17) is 9.84 Å². The van der Waals surface area contributed by atoms with Crippen LogP contribution in [0, 0.1) is 5.41 Å². The van der Waals surface area contributed by atoms with Crippen LogP contribution in [-0.4, -0.2) is 46.8 Å². The second-order valence-electron chi connectivity index (χ2n) is 4.74. The van der Waals surface area contributed by atoms with Gasteiger partial charge in [-0.3, -0.25) is 0 Å². The van der Waals surface area contributed by atoms with Crippen molar-refractivity contribution >= 4 is 0 Å². The monoisotopic (exact) mass is 206 g/mol. The van der Waals surface area contributed by atoms with E-state index in [2.05, 4.69) is 0 Å². The van der Waals surface area contributed by atoms with E-state index in [1.807, 2.05) is 20.8 Å². The lowest BCUT2D eigenvalue weighted by atomic mass is 9.83. The first kappa shape index (κ1) is 13.8. The van der Waals surface area contributed by atoms with Crippen molar-refractivity contribution in [1.29, 1.82) is 0 Å². The average molecular weight is 206 g/mol. The fourth-order valence-corrected chi connectivity index (χ4v) is 1.47. The Labute approximate surface area is 85.5 Å². The molecule has 86 valence electrons. The van der Waals surface area contributed by atoms with Crippen LogP contribution in [-0.2, 0) is 4.74 Å². The normalized spacial score (nSPS) is 21.4. The van der Waals surface area contributed by atoms with E-state index < -0.39 is 24.4 Å². The van der Waals surface area contributed by atoms with E-state index >= 15 is 0 Å². The fourth-order valence-electron chi connectivity index (χ4n) is 1.47. The van der Waals surface area contributed by atoms with Crippen molar-refractivity contribution in [2.24, 2.45) is 5.41 Å². The van der Waals surface area contributed by atoms with Gasteiger partial charge in [-0.25, -0.2) is 0 Å². The van der Waals surface area contributed by atoms with E-state index in [0.717, 1.165) is 0 Å². The van der Waals surface area contributed by atoms with Gasteiger partial charge in [0.2, 0.25) is 0 Å². The Morgan fingerprint density at radius 3 is 1.64 bits per heavy atom. The summed E-state index contributed by atoms with van der Waals surface area (Å²) in [4.78, 5) is 0. The number of ether oxygens (including phenoxy) is 1. The van der Waals surface area contributed by atoms with Gasteiger partial charge >= 0.3 is 0 Å². The molecule has 0 radical (unpaired) electrons. The molecule has 0 heterocycles. The minimum absolute atomic E-state index is 0.288. The number of rotatable bonds is 4. The molecule has 4 nitrogen and oxygen atoms in total. The summed E-state index contributed by atoms with van der Waals surface area (Å²) in [6.45, 7) is 7.14. The van der Waals surface area contributed by atoms with Crippen molar-refractivity contribution in [2.75, 3.05) is 7.11 Å². The molecule has 0 bridgehead atoms. The molecular formula is C10H22O4. The molecule has 4 heteroatoms. The van der Waals surface area contributed by atoms with Crippen LogP contribution in [0.5, 0.6) is 0 Å². The Hall–Kier alpha value is -0.160. The smallest absolute Gasteiger partial charge is 0.109 e. The molecule has 0 amide bonds. The summed E-state index contributed by atoms with van der Waals surface area (Å²) in [6.07, 6.45) is -3.74. The minimum Gasteiger partial charge on any atom is -0.391 e. The van der Waals surface area contributed by atoms with Gasteiger partial charge in [-0.05, 0) is 12.3 Å². The van der Waals surface area contributed by atoms with E-state index in [1.54, 1.807) is 0 Å². The molecule has 0 aromatic heterocycles. The Balaban J connectivity index is 4.54. The third-order valence-electron chi connectivity index (χ3n) is 2.26. The zero-order chi connectivity index (χ0) is 11.5. The van der Waals surface area contributed by atoms with Gasteiger partial charge in [0.25, 0.3) is 0 Å². The maximum absolute atomic E-state index is 9.75. The lowest BCUT2D eigenvalue weighted by molar-refractivity contribution is -0.139. The molecule has 14 heavy (non-hydrogen) atoms. The molecule has 4 unspecified atom stereocenters. The molecule has 0 aliphatic heterocycles. The third kappa shape index (κ3) is 3.53. The van der Waals surface area contributed by atoms with Crippen molar-refractivity contribution in [3.63, 3.8) is 0 Å². The molecule has 0 saturated carbocycles. The Morgan fingerprint density at radius 1 is 1.00 bits per heavy atom. The molecule has 0 aromatic carbocycles. The van der Waals surface area contributed by atoms with Crippen LogP contribution < -0.4 is 0 Å². The van der Waals surface area contributed by atoms with E-state index in [9.17, 15) is 10.2 Å². The van der Waals surface area contributed by atoms with Crippen molar-refractivity contribution in [3.05, 3.63) is 0 Å². The molecular weight excluding hydrogens is 184 g/mol. The first-order valence-electron chi connectivity index (χ1n) is 4.78. The second kappa shape index (κ2) is 5.07. The van der Waals surface area contributed by atoms with Crippen LogP contribution in [0.3, 0.4) is 0 Å². The molecule has 0 aliphatic carbocycles. The van der Waals surface area contributed by atoms with Crippen LogP contribution in [0.15, 0.2) is 0 Å².